The van der Waals surface area contributed by atoms with E-state index in [-0.39, 0.29) is 17.9 Å². The van der Waals surface area contributed by atoms with Crippen LogP contribution in [0.4, 0.5) is 5.69 Å². The maximum Gasteiger partial charge on any atom is 0.254 e. The minimum atomic E-state index is 0.112. The molecule has 3 aliphatic rings. The topological polar surface area (TPSA) is 67.7 Å². The maximum absolute atomic E-state index is 13.6. The number of hydrogen-bond acceptors (Lipinski definition) is 5. The number of ether oxygens (including phenoxy) is 1. The first-order chi connectivity index (χ1) is 16.2. The van der Waals surface area contributed by atoms with Gasteiger partial charge in [-0.15, -0.1) is 5.10 Å². The van der Waals surface area contributed by atoms with Crippen molar-refractivity contribution in [2.45, 2.75) is 51.0 Å². The Morgan fingerprint density at radius 3 is 2.88 bits per heavy atom. The van der Waals surface area contributed by atoms with Crippen LogP contribution in [0.3, 0.4) is 0 Å². The van der Waals surface area contributed by atoms with E-state index in [1.54, 1.807) is 0 Å². The molecular weight excluding hydrogens is 412 g/mol. The highest BCUT2D eigenvalue weighted by Crippen LogP contribution is 2.46. The average Bonchev–Trinajstić information content (AvgIpc) is 3.32. The monoisotopic (exact) mass is 438 g/mol. The SMILES string of the molecule is Cc1ccc(Oc2cccc3c2C2CCCN(C(=O)c4ccc5c(c4)N=CC5)[C@H]2CC3)nn1. The molecule has 0 bridgehead atoms. The molecule has 0 saturated carbocycles. The lowest BCUT2D eigenvalue weighted by Crippen LogP contribution is -2.49. The van der Waals surface area contributed by atoms with Gasteiger partial charge in [0.1, 0.15) is 5.75 Å². The largest absolute Gasteiger partial charge is 0.437 e. The summed E-state index contributed by atoms with van der Waals surface area (Å²) in [4.78, 5) is 20.1. The van der Waals surface area contributed by atoms with E-state index in [2.05, 4.69) is 26.2 Å². The summed E-state index contributed by atoms with van der Waals surface area (Å²) in [6, 6.07) is 16.1. The quantitative estimate of drug-likeness (QED) is 0.566. The Morgan fingerprint density at radius 2 is 2.00 bits per heavy atom. The summed E-state index contributed by atoms with van der Waals surface area (Å²) in [5.41, 5.74) is 6.26. The number of benzene rings is 2. The van der Waals surface area contributed by atoms with Gasteiger partial charge >= 0.3 is 0 Å². The van der Waals surface area contributed by atoms with Gasteiger partial charge in [0.25, 0.3) is 5.91 Å². The van der Waals surface area contributed by atoms with Crippen LogP contribution in [0.25, 0.3) is 0 Å². The van der Waals surface area contributed by atoms with E-state index in [9.17, 15) is 4.79 Å². The van der Waals surface area contributed by atoms with Crippen molar-refractivity contribution in [1.82, 2.24) is 15.1 Å². The lowest BCUT2D eigenvalue weighted by Gasteiger charge is -2.45. The summed E-state index contributed by atoms with van der Waals surface area (Å²) in [6.45, 7) is 2.70. The number of hydrogen-bond donors (Lipinski definition) is 0. The predicted octanol–water partition coefficient (Wildman–Crippen LogP) is 5.17. The molecule has 3 heterocycles. The van der Waals surface area contributed by atoms with Gasteiger partial charge in [0.05, 0.1) is 11.4 Å². The van der Waals surface area contributed by atoms with Crippen LogP contribution in [0, 0.1) is 6.92 Å². The fourth-order valence-electron chi connectivity index (χ4n) is 5.58. The van der Waals surface area contributed by atoms with Crippen LogP contribution in [-0.4, -0.2) is 39.8 Å². The number of aliphatic imine (C=N–C) groups is 1. The Kier molecular flexibility index (Phi) is 4.93. The van der Waals surface area contributed by atoms with Gasteiger partial charge in [-0.25, -0.2) is 0 Å². The van der Waals surface area contributed by atoms with E-state index < -0.39 is 0 Å². The summed E-state index contributed by atoms with van der Waals surface area (Å²) in [5, 5.41) is 8.31. The molecule has 6 nitrogen and oxygen atoms in total. The number of rotatable bonds is 3. The Hall–Kier alpha value is -3.54. The van der Waals surface area contributed by atoms with E-state index in [4.69, 9.17) is 4.74 Å². The Morgan fingerprint density at radius 1 is 1.06 bits per heavy atom. The molecule has 1 fully saturated rings. The molecule has 2 atom stereocenters. The van der Waals surface area contributed by atoms with Gasteiger partial charge < -0.3 is 9.64 Å². The average molecular weight is 439 g/mol. The van der Waals surface area contributed by atoms with Crippen LogP contribution in [0.15, 0.2) is 53.5 Å². The third kappa shape index (κ3) is 3.59. The van der Waals surface area contributed by atoms with E-state index in [0.29, 0.717) is 5.88 Å². The molecule has 1 aromatic heterocycles. The number of carbonyl (C=O) groups excluding carboxylic acids is 1. The summed E-state index contributed by atoms with van der Waals surface area (Å²) in [6.07, 6.45) is 6.70. The first-order valence-corrected chi connectivity index (χ1v) is 11.7. The highest BCUT2D eigenvalue weighted by atomic mass is 16.5. The number of likely N-dealkylation sites (tertiary alicyclic amines) is 1. The van der Waals surface area contributed by atoms with E-state index in [0.717, 1.165) is 61.3 Å². The highest BCUT2D eigenvalue weighted by Gasteiger charge is 2.40. The fraction of sp³-hybridized carbons (Fsp3) is 0.333. The second-order valence-electron chi connectivity index (χ2n) is 9.16. The zero-order chi connectivity index (χ0) is 22.4. The molecule has 33 heavy (non-hydrogen) atoms. The summed E-state index contributed by atoms with van der Waals surface area (Å²) in [5.74, 6) is 1.70. The molecule has 3 aromatic rings. The first-order valence-electron chi connectivity index (χ1n) is 11.7. The van der Waals surface area contributed by atoms with Gasteiger partial charge in [-0.1, -0.05) is 18.2 Å². The zero-order valence-corrected chi connectivity index (χ0v) is 18.7. The molecular formula is C27H26N4O2. The molecule has 2 aliphatic heterocycles. The van der Waals surface area contributed by atoms with Crippen molar-refractivity contribution in [2.24, 2.45) is 4.99 Å². The number of carbonyl (C=O) groups is 1. The second-order valence-corrected chi connectivity index (χ2v) is 9.16. The van der Waals surface area contributed by atoms with Gasteiger partial charge in [-0.05, 0) is 68.0 Å². The maximum atomic E-state index is 13.6. The van der Waals surface area contributed by atoms with Crippen molar-refractivity contribution >= 4 is 17.8 Å². The van der Waals surface area contributed by atoms with Crippen molar-refractivity contribution in [1.29, 1.82) is 0 Å². The fourth-order valence-corrected chi connectivity index (χ4v) is 5.58. The second kappa shape index (κ2) is 8.10. The van der Waals surface area contributed by atoms with Crippen molar-refractivity contribution < 1.29 is 9.53 Å². The van der Waals surface area contributed by atoms with Gasteiger partial charge in [0.15, 0.2) is 0 Å². The molecule has 1 unspecified atom stereocenters. The van der Waals surface area contributed by atoms with Crippen molar-refractivity contribution in [3.8, 4) is 11.6 Å². The lowest BCUT2D eigenvalue weighted by atomic mass is 9.73. The summed E-state index contributed by atoms with van der Waals surface area (Å²) < 4.78 is 6.22. The van der Waals surface area contributed by atoms with Gasteiger partial charge in [-0.2, -0.15) is 5.10 Å². The number of nitrogens with zero attached hydrogens (tertiary/aromatic N) is 4. The molecule has 0 spiro atoms. The molecule has 1 aliphatic carbocycles. The Labute approximate surface area is 193 Å². The molecule has 6 heteroatoms. The number of piperidine rings is 1. The molecule has 1 amide bonds. The van der Waals surface area contributed by atoms with Crippen molar-refractivity contribution in [3.63, 3.8) is 0 Å². The molecule has 2 aromatic carbocycles. The van der Waals surface area contributed by atoms with Crippen LogP contribution < -0.4 is 4.74 Å². The molecule has 166 valence electrons. The smallest absolute Gasteiger partial charge is 0.254 e. The number of amides is 1. The number of aryl methyl sites for hydroxylation is 2. The zero-order valence-electron chi connectivity index (χ0n) is 18.7. The number of fused-ring (bicyclic) bond motifs is 4. The van der Waals surface area contributed by atoms with Crippen LogP contribution in [0.5, 0.6) is 11.6 Å². The van der Waals surface area contributed by atoms with E-state index in [1.165, 1.54) is 16.7 Å². The van der Waals surface area contributed by atoms with Gasteiger partial charge in [-0.3, -0.25) is 9.79 Å². The molecule has 6 rings (SSSR count). The van der Waals surface area contributed by atoms with E-state index >= 15 is 0 Å². The Balaban J connectivity index is 1.31. The van der Waals surface area contributed by atoms with Gasteiger partial charge in [0.2, 0.25) is 5.88 Å². The number of aromatic nitrogens is 2. The van der Waals surface area contributed by atoms with Crippen LogP contribution >= 0.6 is 0 Å². The summed E-state index contributed by atoms with van der Waals surface area (Å²) >= 11 is 0. The van der Waals surface area contributed by atoms with E-state index in [1.807, 2.05) is 55.6 Å². The van der Waals surface area contributed by atoms with Crippen molar-refractivity contribution in [2.75, 3.05) is 6.54 Å². The first kappa shape index (κ1) is 20.1. The molecule has 0 N–H and O–H groups in total. The highest BCUT2D eigenvalue weighted by molar-refractivity contribution is 5.96. The minimum Gasteiger partial charge on any atom is -0.437 e. The van der Waals surface area contributed by atoms with Crippen LogP contribution in [0.1, 0.15) is 57.9 Å². The predicted molar refractivity (Wildman–Crippen MR) is 127 cm³/mol. The standard InChI is InChI=1S/C27H26N4O2/c1-17-7-12-25(30-29-17)33-24-6-2-4-19-10-11-23-21(26(19)24)5-3-15-31(23)27(32)20-9-8-18-13-14-28-22(18)16-20/h2,4,6-9,12,14,16,21,23H,3,5,10-11,13,15H2,1H3/t21?,23-/m0/s1. The minimum absolute atomic E-state index is 0.112. The van der Waals surface area contributed by atoms with Crippen LogP contribution in [0.2, 0.25) is 0 Å². The Bertz CT molecular complexity index is 1250. The lowest BCUT2D eigenvalue weighted by molar-refractivity contribution is 0.0544. The van der Waals surface area contributed by atoms with Gasteiger partial charge in [0, 0.05) is 48.3 Å². The van der Waals surface area contributed by atoms with Crippen LogP contribution in [-0.2, 0) is 12.8 Å². The molecule has 1 saturated heterocycles. The summed E-state index contributed by atoms with van der Waals surface area (Å²) in [7, 11) is 0. The third-order valence-electron chi connectivity index (χ3n) is 7.14. The van der Waals surface area contributed by atoms with Crippen molar-refractivity contribution in [3.05, 3.63) is 76.5 Å². The third-order valence-corrected chi connectivity index (χ3v) is 7.14. The normalized spacial score (nSPS) is 20.7. The molecule has 0 radical (unpaired) electrons.